The van der Waals surface area contributed by atoms with E-state index in [1.807, 2.05) is 30.5 Å². The first kappa shape index (κ1) is 11.3. The van der Waals surface area contributed by atoms with Crippen molar-refractivity contribution >= 4 is 23.5 Å². The molecule has 5 heteroatoms. The minimum Gasteiger partial charge on any atom is -0.441 e. The van der Waals surface area contributed by atoms with Gasteiger partial charge in [-0.25, -0.2) is 4.79 Å². The van der Waals surface area contributed by atoms with Gasteiger partial charge in [-0.05, 0) is 24.5 Å². The number of aliphatic hydroxyl groups is 1. The second-order valence-corrected chi connectivity index (χ2v) is 4.38. The molecule has 1 aromatic carbocycles. The van der Waals surface area contributed by atoms with Crippen LogP contribution in [0.15, 0.2) is 29.2 Å². The smallest absolute Gasteiger partial charge is 0.414 e. The van der Waals surface area contributed by atoms with E-state index in [0.717, 1.165) is 10.6 Å². The topological polar surface area (TPSA) is 49.8 Å². The minimum absolute atomic E-state index is 0.134. The maximum absolute atomic E-state index is 11.5. The molecular weight excluding hydrogens is 226 g/mol. The number of thioether (sulfide) groups is 1. The van der Waals surface area contributed by atoms with E-state index in [4.69, 9.17) is 9.84 Å². The third-order valence-electron chi connectivity index (χ3n) is 2.44. The van der Waals surface area contributed by atoms with Crippen LogP contribution in [0.25, 0.3) is 0 Å². The number of hydrogen-bond donors (Lipinski definition) is 1. The third kappa shape index (κ3) is 2.15. The van der Waals surface area contributed by atoms with E-state index in [0.29, 0.717) is 6.54 Å². The number of benzene rings is 1. The van der Waals surface area contributed by atoms with Crippen LogP contribution in [0.1, 0.15) is 0 Å². The summed E-state index contributed by atoms with van der Waals surface area (Å²) < 4.78 is 4.98. The minimum atomic E-state index is -0.412. The second kappa shape index (κ2) is 4.76. The average molecular weight is 239 g/mol. The summed E-state index contributed by atoms with van der Waals surface area (Å²) in [5.74, 6) is 0. The lowest BCUT2D eigenvalue weighted by molar-refractivity contribution is 0.0963. The number of amides is 1. The molecule has 86 valence electrons. The molecule has 1 amide bonds. The van der Waals surface area contributed by atoms with E-state index < -0.39 is 12.2 Å². The predicted molar refractivity (Wildman–Crippen MR) is 62.9 cm³/mol. The first-order valence-electron chi connectivity index (χ1n) is 4.97. The maximum atomic E-state index is 11.5. The van der Waals surface area contributed by atoms with E-state index in [1.54, 1.807) is 16.7 Å². The molecule has 1 aromatic rings. The number of hydrogen-bond acceptors (Lipinski definition) is 4. The van der Waals surface area contributed by atoms with Gasteiger partial charge in [0.25, 0.3) is 0 Å². The first-order chi connectivity index (χ1) is 7.74. The SMILES string of the molecule is CSc1cccc(N2CC(CO)OC2=O)c1. The fourth-order valence-corrected chi connectivity index (χ4v) is 2.06. The molecule has 0 saturated carbocycles. The van der Waals surface area contributed by atoms with Gasteiger partial charge in [0.05, 0.1) is 13.2 Å². The molecule has 1 heterocycles. The van der Waals surface area contributed by atoms with Crippen molar-refractivity contribution in [3.8, 4) is 0 Å². The van der Waals surface area contributed by atoms with Gasteiger partial charge in [0.1, 0.15) is 6.10 Å². The first-order valence-corrected chi connectivity index (χ1v) is 6.20. The van der Waals surface area contributed by atoms with Gasteiger partial charge in [-0.2, -0.15) is 0 Å². The Labute approximate surface area is 98.2 Å². The lowest BCUT2D eigenvalue weighted by atomic mass is 10.3. The highest BCUT2D eigenvalue weighted by molar-refractivity contribution is 7.98. The highest BCUT2D eigenvalue weighted by Crippen LogP contribution is 2.25. The number of rotatable bonds is 3. The van der Waals surface area contributed by atoms with Crippen LogP contribution in [0, 0.1) is 0 Å². The van der Waals surface area contributed by atoms with Crippen LogP contribution >= 0.6 is 11.8 Å². The van der Waals surface area contributed by atoms with Crippen molar-refractivity contribution in [2.75, 3.05) is 24.3 Å². The van der Waals surface area contributed by atoms with Gasteiger partial charge in [0, 0.05) is 10.6 Å². The van der Waals surface area contributed by atoms with Gasteiger partial charge in [0.2, 0.25) is 0 Å². The number of carbonyl (C=O) groups is 1. The Hall–Kier alpha value is -1.20. The van der Waals surface area contributed by atoms with Gasteiger partial charge in [-0.1, -0.05) is 6.07 Å². The number of aliphatic hydroxyl groups excluding tert-OH is 1. The van der Waals surface area contributed by atoms with E-state index >= 15 is 0 Å². The molecule has 4 nitrogen and oxygen atoms in total. The molecule has 1 aliphatic heterocycles. The maximum Gasteiger partial charge on any atom is 0.414 e. The fraction of sp³-hybridized carbons (Fsp3) is 0.364. The third-order valence-corrected chi connectivity index (χ3v) is 3.17. The number of anilines is 1. The molecule has 1 unspecified atom stereocenters. The van der Waals surface area contributed by atoms with Crippen molar-refractivity contribution < 1.29 is 14.6 Å². The summed E-state index contributed by atoms with van der Waals surface area (Å²) in [6, 6.07) is 7.69. The van der Waals surface area contributed by atoms with Crippen LogP contribution < -0.4 is 4.90 Å². The molecule has 1 aliphatic rings. The number of carbonyl (C=O) groups excluding carboxylic acids is 1. The highest BCUT2D eigenvalue weighted by Gasteiger charge is 2.31. The molecule has 1 atom stereocenters. The van der Waals surface area contributed by atoms with Crippen molar-refractivity contribution in [1.82, 2.24) is 0 Å². The largest absolute Gasteiger partial charge is 0.441 e. The van der Waals surface area contributed by atoms with E-state index in [9.17, 15) is 4.79 Å². The lowest BCUT2D eigenvalue weighted by Gasteiger charge is -2.13. The zero-order valence-electron chi connectivity index (χ0n) is 8.92. The Bertz CT molecular complexity index is 397. The molecule has 0 aromatic heterocycles. The molecule has 1 saturated heterocycles. The summed E-state index contributed by atoms with van der Waals surface area (Å²) in [4.78, 5) is 14.2. The predicted octanol–water partition coefficient (Wildman–Crippen LogP) is 1.73. The van der Waals surface area contributed by atoms with Crippen LogP contribution in [0.4, 0.5) is 10.5 Å². The van der Waals surface area contributed by atoms with Gasteiger partial charge in [-0.3, -0.25) is 4.90 Å². The molecule has 1 N–H and O–H groups in total. The summed E-state index contributed by atoms with van der Waals surface area (Å²) in [7, 11) is 0. The quantitative estimate of drug-likeness (QED) is 0.816. The lowest BCUT2D eigenvalue weighted by Crippen LogP contribution is -2.25. The monoisotopic (exact) mass is 239 g/mol. The summed E-state index contributed by atoms with van der Waals surface area (Å²) in [6.07, 6.45) is 1.18. The number of ether oxygens (including phenoxy) is 1. The zero-order chi connectivity index (χ0) is 11.5. The standard InChI is InChI=1S/C11H13NO3S/c1-16-10-4-2-3-8(5-10)12-6-9(7-13)15-11(12)14/h2-5,9,13H,6-7H2,1H3. The molecule has 16 heavy (non-hydrogen) atoms. The molecule has 0 aliphatic carbocycles. The van der Waals surface area contributed by atoms with E-state index in [2.05, 4.69) is 0 Å². The Kier molecular flexibility index (Phi) is 3.36. The normalized spacial score (nSPS) is 20.0. The number of nitrogens with zero attached hydrogens (tertiary/aromatic N) is 1. The summed E-state index contributed by atoms with van der Waals surface area (Å²) >= 11 is 1.62. The number of cyclic esters (lactones) is 1. The van der Waals surface area contributed by atoms with Crippen LogP contribution in [-0.2, 0) is 4.74 Å². The molecule has 1 fully saturated rings. The molecule has 2 rings (SSSR count). The summed E-state index contributed by atoms with van der Waals surface area (Å²) in [5.41, 5.74) is 0.813. The van der Waals surface area contributed by atoms with Gasteiger partial charge in [0.15, 0.2) is 0 Å². The average Bonchev–Trinajstić information content (AvgIpc) is 2.71. The summed E-state index contributed by atoms with van der Waals surface area (Å²) in [6.45, 7) is 0.275. The van der Waals surface area contributed by atoms with Crippen molar-refractivity contribution in [2.45, 2.75) is 11.0 Å². The van der Waals surface area contributed by atoms with E-state index in [1.165, 1.54) is 0 Å². The van der Waals surface area contributed by atoms with Crippen molar-refractivity contribution in [1.29, 1.82) is 0 Å². The van der Waals surface area contributed by atoms with Crippen molar-refractivity contribution in [3.63, 3.8) is 0 Å². The Morgan fingerprint density at radius 2 is 2.44 bits per heavy atom. The Balaban J connectivity index is 2.20. The highest BCUT2D eigenvalue weighted by atomic mass is 32.2. The van der Waals surface area contributed by atoms with Crippen molar-refractivity contribution in [3.05, 3.63) is 24.3 Å². The van der Waals surface area contributed by atoms with Gasteiger partial charge >= 0.3 is 6.09 Å². The molecular formula is C11H13NO3S. The molecule has 0 spiro atoms. The van der Waals surface area contributed by atoms with Crippen LogP contribution in [0.2, 0.25) is 0 Å². The van der Waals surface area contributed by atoms with Crippen molar-refractivity contribution in [2.24, 2.45) is 0 Å². The van der Waals surface area contributed by atoms with Gasteiger partial charge < -0.3 is 9.84 Å². The molecule has 0 bridgehead atoms. The molecule has 0 radical (unpaired) electrons. The summed E-state index contributed by atoms with van der Waals surface area (Å²) in [5, 5.41) is 8.94. The fourth-order valence-electron chi connectivity index (χ4n) is 1.61. The van der Waals surface area contributed by atoms with Crippen LogP contribution in [0.3, 0.4) is 0 Å². The van der Waals surface area contributed by atoms with Gasteiger partial charge in [-0.15, -0.1) is 11.8 Å². The van der Waals surface area contributed by atoms with Crippen LogP contribution in [-0.4, -0.2) is 36.7 Å². The Morgan fingerprint density at radius 3 is 3.06 bits per heavy atom. The van der Waals surface area contributed by atoms with E-state index in [-0.39, 0.29) is 6.61 Å². The van der Waals surface area contributed by atoms with Crippen LogP contribution in [0.5, 0.6) is 0 Å². The Morgan fingerprint density at radius 1 is 1.62 bits per heavy atom. The zero-order valence-corrected chi connectivity index (χ0v) is 9.74. The second-order valence-electron chi connectivity index (χ2n) is 3.50.